The van der Waals surface area contributed by atoms with Gasteiger partial charge in [-0.2, -0.15) is 5.26 Å². The number of hydrogen-bond donors (Lipinski definition) is 0. The molecule has 0 spiro atoms. The quantitative estimate of drug-likeness (QED) is 0.609. The van der Waals surface area contributed by atoms with Crippen LogP contribution in [-0.4, -0.2) is 5.33 Å². The largest absolute Gasteiger partial charge is 0.197 e. The summed E-state index contributed by atoms with van der Waals surface area (Å²) in [4.78, 5) is 1.17. The fourth-order valence-corrected chi connectivity index (χ4v) is 4.24. The van der Waals surface area contributed by atoms with Gasteiger partial charge in [0.15, 0.2) is 0 Å². The van der Waals surface area contributed by atoms with E-state index < -0.39 is 0 Å². The molecule has 20 heavy (non-hydrogen) atoms. The van der Waals surface area contributed by atoms with E-state index >= 15 is 0 Å². The van der Waals surface area contributed by atoms with Gasteiger partial charge in [0.2, 0.25) is 0 Å². The van der Waals surface area contributed by atoms with Crippen LogP contribution in [0.25, 0.3) is 11.1 Å². The van der Waals surface area contributed by atoms with Crippen molar-refractivity contribution in [3.8, 4) is 17.2 Å². The van der Waals surface area contributed by atoms with E-state index in [9.17, 15) is 5.26 Å². The van der Waals surface area contributed by atoms with Gasteiger partial charge in [-0.05, 0) is 29.0 Å². The Morgan fingerprint density at radius 1 is 1.25 bits per heavy atom. The smallest absolute Gasteiger partial charge is 0.101 e. The van der Waals surface area contributed by atoms with Gasteiger partial charge in [-0.3, -0.25) is 0 Å². The Morgan fingerprint density at radius 3 is 2.60 bits per heavy atom. The molecule has 0 N–H and O–H groups in total. The molecule has 0 saturated carbocycles. The molecule has 1 atom stereocenters. The molecule has 1 nitrogen and oxygen atoms in total. The topological polar surface area (TPSA) is 23.8 Å². The van der Waals surface area contributed by atoms with Crippen molar-refractivity contribution in [2.24, 2.45) is 0 Å². The predicted octanol–water partition coefficient (Wildman–Crippen LogP) is 5.76. The fourth-order valence-electron chi connectivity index (χ4n) is 2.24. The molecular weight excluding hydrogens is 330 g/mol. The molecule has 0 aliphatic heterocycles. The average molecular weight is 348 g/mol. The highest BCUT2D eigenvalue weighted by Gasteiger charge is 2.32. The minimum absolute atomic E-state index is 0.381. The van der Waals surface area contributed by atoms with Crippen molar-refractivity contribution in [3.63, 3.8) is 0 Å². The van der Waals surface area contributed by atoms with Gasteiger partial charge in [-0.1, -0.05) is 66.0 Å². The van der Waals surface area contributed by atoms with Crippen LogP contribution in [0.4, 0.5) is 0 Å². The lowest BCUT2D eigenvalue weighted by molar-refractivity contribution is 0.541. The third kappa shape index (κ3) is 3.13. The van der Waals surface area contributed by atoms with Gasteiger partial charge in [0.1, 0.15) is 5.41 Å². The molecule has 0 radical (unpaired) electrons. The monoisotopic (exact) mass is 347 g/mol. The summed E-state index contributed by atoms with van der Waals surface area (Å²) in [5.74, 6) is 0. The van der Waals surface area contributed by atoms with Crippen molar-refractivity contribution < 1.29 is 0 Å². The van der Waals surface area contributed by atoms with E-state index in [1.807, 2.05) is 18.2 Å². The van der Waals surface area contributed by atoms with Crippen LogP contribution in [0.5, 0.6) is 0 Å². The Labute approximate surface area is 133 Å². The molecule has 2 aromatic rings. The highest BCUT2D eigenvalue weighted by molar-refractivity contribution is 9.09. The van der Waals surface area contributed by atoms with Gasteiger partial charge in [-0.25, -0.2) is 0 Å². The number of rotatable bonds is 6. The zero-order valence-corrected chi connectivity index (χ0v) is 14.0. The Kier molecular flexibility index (Phi) is 5.39. The highest BCUT2D eigenvalue weighted by atomic mass is 79.9. The fraction of sp³-hybridized carbons (Fsp3) is 0.353. The van der Waals surface area contributed by atoms with Crippen LogP contribution in [0.2, 0.25) is 0 Å². The zero-order valence-electron chi connectivity index (χ0n) is 11.6. The van der Waals surface area contributed by atoms with Crippen LogP contribution in [0, 0.1) is 11.3 Å². The second-order valence-corrected chi connectivity index (χ2v) is 6.47. The molecule has 1 unspecified atom stereocenters. The number of benzene rings is 1. The van der Waals surface area contributed by atoms with E-state index in [2.05, 4.69) is 52.5 Å². The zero-order chi connectivity index (χ0) is 14.4. The number of nitrogens with zero attached hydrogens (tertiary/aromatic N) is 1. The number of alkyl halides is 1. The third-order valence-electron chi connectivity index (χ3n) is 3.58. The molecule has 1 aromatic carbocycles. The lowest BCUT2D eigenvalue weighted by atomic mass is 9.84. The minimum atomic E-state index is -0.381. The maximum absolute atomic E-state index is 9.66. The van der Waals surface area contributed by atoms with Crippen LogP contribution in [0.3, 0.4) is 0 Å². The van der Waals surface area contributed by atoms with Crippen LogP contribution < -0.4 is 0 Å². The second kappa shape index (κ2) is 7.06. The third-order valence-corrected chi connectivity index (χ3v) is 5.67. The number of hydrogen-bond acceptors (Lipinski definition) is 2. The average Bonchev–Trinajstić information content (AvgIpc) is 3.00. The van der Waals surface area contributed by atoms with Crippen molar-refractivity contribution in [1.29, 1.82) is 5.26 Å². The van der Waals surface area contributed by atoms with Crippen LogP contribution in [-0.2, 0) is 5.41 Å². The van der Waals surface area contributed by atoms with Crippen molar-refractivity contribution in [2.75, 3.05) is 5.33 Å². The van der Waals surface area contributed by atoms with Gasteiger partial charge >= 0.3 is 0 Å². The normalized spacial score (nSPS) is 13.7. The van der Waals surface area contributed by atoms with E-state index in [1.54, 1.807) is 11.3 Å². The van der Waals surface area contributed by atoms with E-state index in [-0.39, 0.29) is 5.41 Å². The first-order chi connectivity index (χ1) is 9.75. The van der Waals surface area contributed by atoms with Crippen molar-refractivity contribution in [3.05, 3.63) is 46.7 Å². The van der Waals surface area contributed by atoms with Crippen molar-refractivity contribution in [1.82, 2.24) is 0 Å². The van der Waals surface area contributed by atoms with Crippen LogP contribution >= 0.6 is 27.3 Å². The summed E-state index contributed by atoms with van der Waals surface area (Å²) >= 11 is 5.25. The van der Waals surface area contributed by atoms with E-state index in [0.29, 0.717) is 5.33 Å². The molecule has 1 aromatic heterocycles. The van der Waals surface area contributed by atoms with Gasteiger partial charge < -0.3 is 0 Å². The number of nitriles is 1. The van der Waals surface area contributed by atoms with Gasteiger partial charge in [0.25, 0.3) is 0 Å². The van der Waals surface area contributed by atoms with Gasteiger partial charge in [-0.15, -0.1) is 11.3 Å². The highest BCUT2D eigenvalue weighted by Crippen LogP contribution is 2.38. The molecule has 0 bridgehead atoms. The molecule has 2 rings (SSSR count). The summed E-state index contributed by atoms with van der Waals surface area (Å²) in [5, 5.41) is 12.5. The van der Waals surface area contributed by atoms with Gasteiger partial charge in [0, 0.05) is 10.2 Å². The Hall–Kier alpha value is -1.11. The number of thiophene rings is 1. The Morgan fingerprint density at radius 2 is 2.00 bits per heavy atom. The van der Waals surface area contributed by atoms with Crippen molar-refractivity contribution in [2.45, 2.75) is 31.6 Å². The number of unbranched alkanes of at least 4 members (excludes halogenated alkanes) is 1. The summed E-state index contributed by atoms with van der Waals surface area (Å²) in [6, 6.07) is 15.1. The molecule has 3 heteroatoms. The second-order valence-electron chi connectivity index (χ2n) is 5.00. The molecular formula is C17H18BrNS. The first kappa shape index (κ1) is 15.3. The molecule has 1 heterocycles. The maximum Gasteiger partial charge on any atom is 0.101 e. The standard InChI is InChI=1S/C17H18BrNS/c1-2-3-9-17(12-18,13-19)16-10-15(11-20-16)14-7-5-4-6-8-14/h4-8,10-11H,2-3,9,12H2,1H3. The van der Waals surface area contributed by atoms with E-state index in [1.165, 1.54) is 16.0 Å². The summed E-state index contributed by atoms with van der Waals surface area (Å²) in [6.07, 6.45) is 3.12. The molecule has 0 amide bonds. The predicted molar refractivity (Wildman–Crippen MR) is 90.4 cm³/mol. The molecule has 0 saturated heterocycles. The SMILES string of the molecule is CCCCC(C#N)(CBr)c1cc(-c2ccccc2)cs1. The molecule has 104 valence electrons. The summed E-state index contributed by atoms with van der Waals surface area (Å²) in [5.41, 5.74) is 2.04. The lowest BCUT2D eigenvalue weighted by Crippen LogP contribution is -2.24. The van der Waals surface area contributed by atoms with Crippen molar-refractivity contribution >= 4 is 27.3 Å². The molecule has 0 fully saturated rings. The first-order valence-electron chi connectivity index (χ1n) is 6.87. The van der Waals surface area contributed by atoms with Gasteiger partial charge in [0.05, 0.1) is 6.07 Å². The summed E-state index contributed by atoms with van der Waals surface area (Å²) in [6.45, 7) is 2.17. The van der Waals surface area contributed by atoms with E-state index in [4.69, 9.17) is 0 Å². The first-order valence-corrected chi connectivity index (χ1v) is 8.87. The summed E-state index contributed by atoms with van der Waals surface area (Å²) < 4.78 is 0. The van der Waals surface area contributed by atoms with Crippen LogP contribution in [0.1, 0.15) is 31.1 Å². The minimum Gasteiger partial charge on any atom is -0.197 e. The molecule has 0 aliphatic rings. The van der Waals surface area contributed by atoms with Crippen LogP contribution in [0.15, 0.2) is 41.8 Å². The Bertz CT molecular complexity index is 585. The lowest BCUT2D eigenvalue weighted by Gasteiger charge is -2.22. The summed E-state index contributed by atoms with van der Waals surface area (Å²) in [7, 11) is 0. The number of halogens is 1. The van der Waals surface area contributed by atoms with E-state index in [0.717, 1.165) is 19.3 Å². The molecule has 0 aliphatic carbocycles. The maximum atomic E-state index is 9.66. The Balaban J connectivity index is 2.33.